The molecule has 0 aliphatic carbocycles. The molecule has 1 heterocycles. The minimum absolute atomic E-state index is 0.00919. The van der Waals surface area contributed by atoms with E-state index in [4.69, 9.17) is 14.6 Å². The van der Waals surface area contributed by atoms with Crippen LogP contribution in [0, 0.1) is 0 Å². The van der Waals surface area contributed by atoms with Gasteiger partial charge in [-0.3, -0.25) is 14.4 Å². The van der Waals surface area contributed by atoms with E-state index in [1.54, 1.807) is 42.5 Å². The van der Waals surface area contributed by atoms with Crippen molar-refractivity contribution in [2.24, 2.45) is 0 Å². The molecule has 0 unspecified atom stereocenters. The highest BCUT2D eigenvalue weighted by atomic mass is 79.9. The first-order chi connectivity index (χ1) is 16.3. The van der Waals surface area contributed by atoms with Gasteiger partial charge in [-0.15, -0.1) is 0 Å². The Bertz CT molecular complexity index is 1110. The number of ether oxygens (including phenoxy) is 2. The number of methoxy groups -OCH3 is 2. The lowest BCUT2D eigenvalue weighted by molar-refractivity contribution is -0.140. The van der Waals surface area contributed by atoms with E-state index in [0.29, 0.717) is 41.9 Å². The standard InChI is InChI=1S/C25H26BrNO7/c1-33-18-12-9-16(14-19(18)34-2)22-21(23(30)15-7-10-17(26)11-8-15)24(31)25(32)27(22)13-5-3-4-6-20(28)29/h7-12,14,22,30H,3-6,13H2,1-2H3,(H,28,29)/t22-/m1/s1. The molecule has 0 aromatic heterocycles. The van der Waals surface area contributed by atoms with Gasteiger partial charge in [0.25, 0.3) is 11.7 Å². The summed E-state index contributed by atoms with van der Waals surface area (Å²) in [5, 5.41) is 19.9. The molecule has 1 fully saturated rings. The van der Waals surface area contributed by atoms with E-state index in [2.05, 4.69) is 15.9 Å². The van der Waals surface area contributed by atoms with Crippen molar-refractivity contribution in [3.05, 3.63) is 63.6 Å². The summed E-state index contributed by atoms with van der Waals surface area (Å²) in [4.78, 5) is 38.3. The molecule has 34 heavy (non-hydrogen) atoms. The number of hydrogen-bond donors (Lipinski definition) is 2. The van der Waals surface area contributed by atoms with Crippen molar-refractivity contribution < 1.29 is 34.1 Å². The quantitative estimate of drug-likeness (QED) is 0.200. The number of carboxylic acids is 1. The van der Waals surface area contributed by atoms with Crippen LogP contribution in [0.15, 0.2) is 52.5 Å². The second kappa shape index (κ2) is 11.2. The molecule has 0 bridgehead atoms. The Hall–Kier alpha value is -3.33. The first-order valence-corrected chi connectivity index (χ1v) is 11.6. The number of aliphatic carboxylic acids is 1. The number of unbranched alkanes of at least 4 members (excludes halogenated alkanes) is 2. The maximum Gasteiger partial charge on any atom is 0.303 e. The van der Waals surface area contributed by atoms with E-state index >= 15 is 0 Å². The number of benzene rings is 2. The minimum atomic E-state index is -0.875. The van der Waals surface area contributed by atoms with E-state index in [1.165, 1.54) is 19.1 Å². The van der Waals surface area contributed by atoms with Crippen LogP contribution in [0.1, 0.15) is 42.9 Å². The molecular weight excluding hydrogens is 506 g/mol. The van der Waals surface area contributed by atoms with Crippen molar-refractivity contribution >= 4 is 39.3 Å². The average Bonchev–Trinajstić information content (AvgIpc) is 3.08. The normalized spacial score (nSPS) is 17.1. The van der Waals surface area contributed by atoms with Crippen LogP contribution in [0.5, 0.6) is 11.5 Å². The first kappa shape index (κ1) is 25.3. The number of halogens is 1. The van der Waals surface area contributed by atoms with Crippen LogP contribution in [0.4, 0.5) is 0 Å². The Morgan fingerprint density at radius 3 is 2.26 bits per heavy atom. The fourth-order valence-corrected chi connectivity index (χ4v) is 4.24. The lowest BCUT2D eigenvalue weighted by Gasteiger charge is -2.26. The van der Waals surface area contributed by atoms with Gasteiger partial charge in [0.05, 0.1) is 25.8 Å². The van der Waals surface area contributed by atoms with Gasteiger partial charge in [-0.25, -0.2) is 0 Å². The van der Waals surface area contributed by atoms with Crippen molar-refractivity contribution in [3.63, 3.8) is 0 Å². The molecule has 2 aromatic rings. The second-order valence-electron chi connectivity index (χ2n) is 7.82. The Kier molecular flexibility index (Phi) is 8.33. The molecule has 3 rings (SSSR count). The van der Waals surface area contributed by atoms with E-state index in [0.717, 1.165) is 4.47 Å². The molecule has 0 spiro atoms. The highest BCUT2D eigenvalue weighted by Gasteiger charge is 2.46. The number of carbonyl (C=O) groups is 3. The summed E-state index contributed by atoms with van der Waals surface area (Å²) in [6.45, 7) is 0.236. The predicted molar refractivity (Wildman–Crippen MR) is 129 cm³/mol. The number of likely N-dealkylation sites (tertiary alicyclic amines) is 1. The van der Waals surface area contributed by atoms with E-state index in [1.807, 2.05) is 0 Å². The number of carbonyl (C=O) groups excluding carboxylic acids is 2. The van der Waals surface area contributed by atoms with Gasteiger partial charge < -0.3 is 24.6 Å². The van der Waals surface area contributed by atoms with Crippen LogP contribution in [0.2, 0.25) is 0 Å². The number of Topliss-reactive ketones (excluding diaryl/α,β-unsaturated/α-hetero) is 1. The molecule has 180 valence electrons. The van der Waals surface area contributed by atoms with Crippen molar-refractivity contribution in [2.75, 3.05) is 20.8 Å². The summed E-state index contributed by atoms with van der Waals surface area (Å²) in [5.41, 5.74) is 0.985. The number of carboxylic acid groups (broad SMARTS) is 1. The lowest BCUT2D eigenvalue weighted by Crippen LogP contribution is -2.30. The van der Waals surface area contributed by atoms with Crippen LogP contribution in [-0.4, -0.2) is 53.5 Å². The van der Waals surface area contributed by atoms with Gasteiger partial charge in [0.15, 0.2) is 11.5 Å². The molecule has 1 aliphatic rings. The third-order valence-corrected chi connectivity index (χ3v) is 6.20. The van der Waals surface area contributed by atoms with Crippen LogP contribution >= 0.6 is 15.9 Å². The Labute approximate surface area is 205 Å². The van der Waals surface area contributed by atoms with Crippen molar-refractivity contribution in [1.82, 2.24) is 4.90 Å². The summed E-state index contributed by atoms with van der Waals surface area (Å²) in [5.74, 6) is -1.71. The number of aliphatic hydroxyl groups is 1. The highest BCUT2D eigenvalue weighted by molar-refractivity contribution is 9.10. The number of nitrogens with zero attached hydrogens (tertiary/aromatic N) is 1. The molecule has 0 saturated carbocycles. The summed E-state index contributed by atoms with van der Waals surface area (Å²) in [6, 6.07) is 11.0. The molecule has 2 aromatic carbocycles. The van der Waals surface area contributed by atoms with Gasteiger partial charge in [0.2, 0.25) is 0 Å². The summed E-state index contributed by atoms with van der Waals surface area (Å²) >= 11 is 3.35. The van der Waals surface area contributed by atoms with Gasteiger partial charge in [-0.05, 0) is 42.7 Å². The van der Waals surface area contributed by atoms with E-state index in [-0.39, 0.29) is 24.3 Å². The van der Waals surface area contributed by atoms with E-state index in [9.17, 15) is 19.5 Å². The van der Waals surface area contributed by atoms with Crippen molar-refractivity contribution in [1.29, 1.82) is 0 Å². The minimum Gasteiger partial charge on any atom is -0.507 e. The molecule has 1 atom stereocenters. The molecule has 8 nitrogen and oxygen atoms in total. The van der Waals surface area contributed by atoms with Gasteiger partial charge in [-0.1, -0.05) is 40.5 Å². The zero-order valence-corrected chi connectivity index (χ0v) is 20.5. The topological polar surface area (TPSA) is 113 Å². The number of aliphatic hydroxyl groups excluding tert-OH is 1. The third-order valence-electron chi connectivity index (χ3n) is 5.67. The molecule has 1 aliphatic heterocycles. The van der Waals surface area contributed by atoms with Crippen LogP contribution in [0.3, 0.4) is 0 Å². The summed E-state index contributed by atoms with van der Waals surface area (Å²) in [7, 11) is 3.00. The highest BCUT2D eigenvalue weighted by Crippen LogP contribution is 2.42. The lowest BCUT2D eigenvalue weighted by atomic mass is 9.95. The number of rotatable bonds is 10. The van der Waals surface area contributed by atoms with Crippen molar-refractivity contribution in [3.8, 4) is 11.5 Å². The van der Waals surface area contributed by atoms with Crippen LogP contribution in [-0.2, 0) is 14.4 Å². The summed E-state index contributed by atoms with van der Waals surface area (Å²) in [6.07, 6.45) is 1.61. The number of ketones is 1. The SMILES string of the molecule is COc1ccc([C@@H]2C(=C(O)c3ccc(Br)cc3)C(=O)C(=O)N2CCCCCC(=O)O)cc1OC. The number of hydrogen-bond acceptors (Lipinski definition) is 6. The van der Waals surface area contributed by atoms with Gasteiger partial charge >= 0.3 is 5.97 Å². The zero-order chi connectivity index (χ0) is 24.8. The Morgan fingerprint density at radius 1 is 0.971 bits per heavy atom. The maximum absolute atomic E-state index is 13.1. The fourth-order valence-electron chi connectivity index (χ4n) is 3.98. The summed E-state index contributed by atoms with van der Waals surface area (Å²) < 4.78 is 11.5. The zero-order valence-electron chi connectivity index (χ0n) is 18.9. The monoisotopic (exact) mass is 531 g/mol. The Morgan fingerprint density at radius 2 is 1.65 bits per heavy atom. The average molecular weight is 532 g/mol. The van der Waals surface area contributed by atoms with Crippen LogP contribution < -0.4 is 9.47 Å². The third kappa shape index (κ3) is 5.41. The molecule has 1 amide bonds. The predicted octanol–water partition coefficient (Wildman–Crippen LogP) is 4.53. The largest absolute Gasteiger partial charge is 0.507 e. The first-order valence-electron chi connectivity index (χ1n) is 10.8. The Balaban J connectivity index is 2.04. The maximum atomic E-state index is 13.1. The molecule has 1 saturated heterocycles. The molecule has 9 heteroatoms. The molecular formula is C25H26BrNO7. The van der Waals surface area contributed by atoms with Gasteiger partial charge in [0, 0.05) is 23.0 Å². The number of amides is 1. The fraction of sp³-hybridized carbons (Fsp3) is 0.320. The smallest absolute Gasteiger partial charge is 0.303 e. The van der Waals surface area contributed by atoms with Gasteiger partial charge in [-0.2, -0.15) is 0 Å². The van der Waals surface area contributed by atoms with Crippen molar-refractivity contribution in [2.45, 2.75) is 31.7 Å². The van der Waals surface area contributed by atoms with Crippen LogP contribution in [0.25, 0.3) is 5.76 Å². The second-order valence-corrected chi connectivity index (χ2v) is 8.73. The molecule has 0 radical (unpaired) electrons. The van der Waals surface area contributed by atoms with E-state index < -0.39 is 23.7 Å². The van der Waals surface area contributed by atoms with Gasteiger partial charge in [0.1, 0.15) is 5.76 Å². The molecule has 2 N–H and O–H groups in total.